The lowest BCUT2D eigenvalue weighted by Crippen LogP contribution is -2.57. The van der Waals surface area contributed by atoms with Crippen LogP contribution in [0.15, 0.2) is 0 Å². The Hall–Kier alpha value is -1.50. The molecule has 0 aromatic carbocycles. The standard InChI is InChI=1S/C23H41N3O12/c1-10-14(27)16(29)18(31)22(37-10)35-5-3-25-20(33)12-7-13(9-24-8-12)21(34)26-4-6-36-23-19(32)17(30)15(28)11(2)38-23/h10-19,22-24,27-32H,3-9H2,1-2H3,(H,25,33)(H,26,34)/t10-,11-,12-,13+,14+,15+,16+,17+,18-,19-,22+,23+/m0/s1. The minimum atomic E-state index is -1.42. The van der Waals surface area contributed by atoms with Gasteiger partial charge in [0.05, 0.1) is 37.3 Å². The van der Waals surface area contributed by atoms with E-state index in [2.05, 4.69) is 16.0 Å². The zero-order valence-electron chi connectivity index (χ0n) is 21.5. The van der Waals surface area contributed by atoms with Gasteiger partial charge in [-0.2, -0.15) is 0 Å². The first-order chi connectivity index (χ1) is 18.0. The lowest BCUT2D eigenvalue weighted by atomic mass is 9.89. The summed E-state index contributed by atoms with van der Waals surface area (Å²) in [6.45, 7) is 4.11. The van der Waals surface area contributed by atoms with Gasteiger partial charge in [-0.05, 0) is 20.3 Å². The summed E-state index contributed by atoms with van der Waals surface area (Å²) in [6, 6.07) is 0. The molecule has 220 valence electrons. The highest BCUT2D eigenvalue weighted by Gasteiger charge is 2.43. The SMILES string of the molecule is C[C@@H]1O[C@@H](OCCNC(=O)[C@@H]2CNC[C@H](C(=O)NCCO[C@@H]3O[C@@H](C)[C@@H](O)[C@@H](O)[C@@H]3O)C2)[C@@H](O)[C@H](O)[C@@H]1O. The van der Waals surface area contributed by atoms with Crippen LogP contribution in [0.5, 0.6) is 0 Å². The van der Waals surface area contributed by atoms with E-state index in [1.807, 2.05) is 0 Å². The van der Waals surface area contributed by atoms with Crippen molar-refractivity contribution in [3.05, 3.63) is 0 Å². The highest BCUT2D eigenvalue weighted by molar-refractivity contribution is 5.82. The van der Waals surface area contributed by atoms with E-state index in [0.29, 0.717) is 19.5 Å². The maximum absolute atomic E-state index is 12.6. The summed E-state index contributed by atoms with van der Waals surface area (Å²) < 4.78 is 21.5. The predicted molar refractivity (Wildman–Crippen MR) is 127 cm³/mol. The Morgan fingerprint density at radius 2 is 1.11 bits per heavy atom. The van der Waals surface area contributed by atoms with Gasteiger partial charge in [-0.3, -0.25) is 9.59 Å². The molecule has 0 aromatic heterocycles. The van der Waals surface area contributed by atoms with Crippen LogP contribution in [-0.2, 0) is 28.5 Å². The Balaban J connectivity index is 1.32. The van der Waals surface area contributed by atoms with Crippen LogP contribution in [0, 0.1) is 11.8 Å². The molecule has 3 fully saturated rings. The average molecular weight is 552 g/mol. The van der Waals surface area contributed by atoms with E-state index < -0.39 is 73.2 Å². The van der Waals surface area contributed by atoms with Gasteiger partial charge in [0.1, 0.15) is 36.6 Å². The third kappa shape index (κ3) is 7.79. The lowest BCUT2D eigenvalue weighted by Gasteiger charge is -2.39. The molecule has 3 heterocycles. The monoisotopic (exact) mass is 551 g/mol. The molecule has 3 rings (SSSR count). The second kappa shape index (κ2) is 14.2. The molecule has 0 aromatic rings. The molecule has 38 heavy (non-hydrogen) atoms. The van der Waals surface area contributed by atoms with Gasteiger partial charge >= 0.3 is 0 Å². The third-order valence-electron chi connectivity index (χ3n) is 7.08. The van der Waals surface area contributed by atoms with Crippen LogP contribution in [0.4, 0.5) is 0 Å². The molecule has 15 nitrogen and oxygen atoms in total. The molecule has 0 unspecified atom stereocenters. The summed E-state index contributed by atoms with van der Waals surface area (Å²) in [5, 5.41) is 67.5. The van der Waals surface area contributed by atoms with E-state index in [-0.39, 0.29) is 38.1 Å². The van der Waals surface area contributed by atoms with Crippen LogP contribution in [0.25, 0.3) is 0 Å². The summed E-state index contributed by atoms with van der Waals surface area (Å²) in [5.74, 6) is -1.45. The number of piperidine rings is 1. The smallest absolute Gasteiger partial charge is 0.224 e. The van der Waals surface area contributed by atoms with Crippen LogP contribution < -0.4 is 16.0 Å². The molecule has 0 saturated carbocycles. The van der Waals surface area contributed by atoms with Crippen molar-refractivity contribution in [1.82, 2.24) is 16.0 Å². The van der Waals surface area contributed by atoms with Gasteiger partial charge in [0.25, 0.3) is 0 Å². The number of ether oxygens (including phenoxy) is 4. The maximum Gasteiger partial charge on any atom is 0.224 e. The van der Waals surface area contributed by atoms with Crippen molar-refractivity contribution in [2.24, 2.45) is 11.8 Å². The van der Waals surface area contributed by atoms with E-state index in [1.165, 1.54) is 0 Å². The molecule has 0 radical (unpaired) electrons. The minimum absolute atomic E-state index is 0.00123. The second-order valence-electron chi connectivity index (χ2n) is 9.97. The minimum Gasteiger partial charge on any atom is -0.388 e. The van der Waals surface area contributed by atoms with E-state index in [0.717, 1.165) is 0 Å². The molecule has 12 atom stereocenters. The molecule has 0 bridgehead atoms. The number of hydrogen-bond donors (Lipinski definition) is 9. The summed E-state index contributed by atoms with van der Waals surface area (Å²) >= 11 is 0. The van der Waals surface area contributed by atoms with Crippen molar-refractivity contribution in [3.63, 3.8) is 0 Å². The molecular weight excluding hydrogens is 510 g/mol. The molecular formula is C23H41N3O12. The maximum atomic E-state index is 12.6. The predicted octanol–water partition coefficient (Wildman–Crippen LogP) is -4.87. The van der Waals surface area contributed by atoms with Gasteiger partial charge < -0.3 is 65.5 Å². The van der Waals surface area contributed by atoms with Gasteiger partial charge in [-0.1, -0.05) is 0 Å². The first kappa shape index (κ1) is 31.0. The van der Waals surface area contributed by atoms with Crippen molar-refractivity contribution in [2.75, 3.05) is 39.4 Å². The Labute approximate surface area is 220 Å². The largest absolute Gasteiger partial charge is 0.388 e. The van der Waals surface area contributed by atoms with Gasteiger partial charge in [0.15, 0.2) is 12.6 Å². The molecule has 3 aliphatic heterocycles. The van der Waals surface area contributed by atoms with Gasteiger partial charge in [-0.25, -0.2) is 0 Å². The van der Waals surface area contributed by atoms with Crippen molar-refractivity contribution in [2.45, 2.75) is 81.7 Å². The molecule has 3 saturated heterocycles. The Morgan fingerprint density at radius 3 is 1.50 bits per heavy atom. The van der Waals surface area contributed by atoms with Gasteiger partial charge in [-0.15, -0.1) is 0 Å². The number of carbonyl (C=O) groups is 2. The fraction of sp³-hybridized carbons (Fsp3) is 0.913. The van der Waals surface area contributed by atoms with E-state index in [9.17, 15) is 40.2 Å². The third-order valence-corrected chi connectivity index (χ3v) is 7.08. The number of aliphatic hydroxyl groups is 6. The highest BCUT2D eigenvalue weighted by atomic mass is 16.7. The molecule has 0 spiro atoms. The highest BCUT2D eigenvalue weighted by Crippen LogP contribution is 2.23. The van der Waals surface area contributed by atoms with Crippen LogP contribution >= 0.6 is 0 Å². The molecule has 9 N–H and O–H groups in total. The van der Waals surface area contributed by atoms with Gasteiger partial charge in [0.2, 0.25) is 11.8 Å². The summed E-state index contributed by atoms with van der Waals surface area (Å²) in [4.78, 5) is 25.2. The first-order valence-corrected chi connectivity index (χ1v) is 12.9. The number of hydrogen-bond acceptors (Lipinski definition) is 13. The number of amides is 2. The lowest BCUT2D eigenvalue weighted by molar-refractivity contribution is -0.292. The van der Waals surface area contributed by atoms with Crippen LogP contribution in [0.3, 0.4) is 0 Å². The zero-order chi connectivity index (χ0) is 28.0. The Morgan fingerprint density at radius 1 is 0.711 bits per heavy atom. The Bertz CT molecular complexity index is 718. The number of nitrogens with one attached hydrogen (secondary N) is 3. The number of carbonyl (C=O) groups excluding carboxylic acids is 2. The van der Waals surface area contributed by atoms with Crippen molar-refractivity contribution < 1.29 is 59.2 Å². The van der Waals surface area contributed by atoms with Crippen molar-refractivity contribution in [3.8, 4) is 0 Å². The van der Waals surface area contributed by atoms with Crippen molar-refractivity contribution in [1.29, 1.82) is 0 Å². The quantitative estimate of drug-likeness (QED) is 0.116. The molecule has 3 aliphatic rings. The molecule has 0 aliphatic carbocycles. The fourth-order valence-electron chi connectivity index (χ4n) is 4.63. The van der Waals surface area contributed by atoms with Crippen LogP contribution in [0.2, 0.25) is 0 Å². The Kier molecular flexibility index (Phi) is 11.6. The normalized spacial score (nSPS) is 41.9. The summed E-state index contributed by atoms with van der Waals surface area (Å²) in [5.41, 5.74) is 0. The first-order valence-electron chi connectivity index (χ1n) is 12.9. The van der Waals surface area contributed by atoms with E-state index >= 15 is 0 Å². The average Bonchev–Trinajstić information content (AvgIpc) is 2.91. The fourth-order valence-corrected chi connectivity index (χ4v) is 4.63. The van der Waals surface area contributed by atoms with E-state index in [1.54, 1.807) is 13.8 Å². The topological polar surface area (TPSA) is 229 Å². The van der Waals surface area contributed by atoms with Gasteiger partial charge in [0, 0.05) is 26.2 Å². The number of rotatable bonds is 10. The second-order valence-corrected chi connectivity index (χ2v) is 9.97. The van der Waals surface area contributed by atoms with E-state index in [4.69, 9.17) is 18.9 Å². The zero-order valence-corrected chi connectivity index (χ0v) is 21.5. The van der Waals surface area contributed by atoms with Crippen molar-refractivity contribution >= 4 is 11.8 Å². The molecule has 15 heteroatoms. The summed E-state index contributed by atoms with van der Waals surface area (Å²) in [6.07, 6.45) is -11.5. The van der Waals surface area contributed by atoms with Crippen LogP contribution in [0.1, 0.15) is 20.3 Å². The van der Waals surface area contributed by atoms with Crippen LogP contribution in [-0.4, -0.2) is 143 Å². The molecule has 2 amide bonds. The number of aliphatic hydroxyl groups excluding tert-OH is 6. The summed E-state index contributed by atoms with van der Waals surface area (Å²) in [7, 11) is 0.